The largest absolute Gasteiger partial charge is 0.310 e. The van der Waals surface area contributed by atoms with Crippen molar-refractivity contribution in [1.29, 1.82) is 0 Å². The van der Waals surface area contributed by atoms with Crippen molar-refractivity contribution in [2.45, 2.75) is 25.8 Å². The first-order chi connectivity index (χ1) is 8.70. The maximum atomic E-state index is 11.4. The molecule has 0 amide bonds. The second kappa shape index (κ2) is 5.78. The molecule has 1 aromatic rings. The van der Waals surface area contributed by atoms with Crippen LogP contribution in [0.2, 0.25) is 0 Å². The molecule has 2 nitrogen and oxygen atoms in total. The fourth-order valence-electron chi connectivity index (χ4n) is 2.24. The van der Waals surface area contributed by atoms with Crippen LogP contribution in [0.15, 0.2) is 36.4 Å². The van der Waals surface area contributed by atoms with E-state index >= 15 is 0 Å². The number of fused-ring (bicyclic) bond motifs is 1. The number of carbonyl (C=O) groups is 1. The molecule has 1 unspecified atom stereocenters. The van der Waals surface area contributed by atoms with Crippen molar-refractivity contribution in [3.8, 4) is 0 Å². The van der Waals surface area contributed by atoms with Gasteiger partial charge in [-0.2, -0.15) is 0 Å². The minimum atomic E-state index is -0.0834. The molecule has 0 saturated carbocycles. The first-order valence-electron chi connectivity index (χ1n) is 6.33. The summed E-state index contributed by atoms with van der Waals surface area (Å²) < 4.78 is 0. The quantitative estimate of drug-likeness (QED) is 0.877. The summed E-state index contributed by atoms with van der Waals surface area (Å²) in [5.74, 6) is 0.187. The Morgan fingerprint density at radius 2 is 2.22 bits per heavy atom. The van der Waals surface area contributed by atoms with Gasteiger partial charge in [0.15, 0.2) is 0 Å². The van der Waals surface area contributed by atoms with Crippen LogP contribution in [0.3, 0.4) is 0 Å². The van der Waals surface area contributed by atoms with E-state index in [1.165, 1.54) is 16.7 Å². The minimum absolute atomic E-state index is 0.0834. The molecule has 0 aliphatic heterocycles. The average Bonchev–Trinajstić information content (AvgIpc) is 2.60. The number of Topliss-reactive ketones (excluding diaryl/α,β-unsaturated/α-hetero) is 1. The Kier molecular flexibility index (Phi) is 4.11. The molecule has 0 radical (unpaired) electrons. The molecule has 0 bridgehead atoms. The van der Waals surface area contributed by atoms with E-state index in [1.807, 2.05) is 7.05 Å². The highest BCUT2D eigenvalue weighted by Crippen LogP contribution is 2.18. The van der Waals surface area contributed by atoms with E-state index in [-0.39, 0.29) is 11.8 Å². The van der Waals surface area contributed by atoms with Gasteiger partial charge in [0.1, 0.15) is 5.78 Å². The van der Waals surface area contributed by atoms with E-state index in [0.29, 0.717) is 0 Å². The number of nitrogens with one attached hydrogen (secondary N) is 1. The zero-order valence-electron chi connectivity index (χ0n) is 10.9. The van der Waals surface area contributed by atoms with E-state index in [2.05, 4.69) is 47.8 Å². The van der Waals surface area contributed by atoms with Gasteiger partial charge < -0.3 is 5.32 Å². The van der Waals surface area contributed by atoms with Gasteiger partial charge in [0.05, 0.1) is 6.04 Å². The van der Waals surface area contributed by atoms with Gasteiger partial charge >= 0.3 is 0 Å². The Morgan fingerprint density at radius 1 is 1.39 bits per heavy atom. The summed E-state index contributed by atoms with van der Waals surface area (Å²) in [5.41, 5.74) is 3.82. The topological polar surface area (TPSA) is 29.1 Å². The Bertz CT molecular complexity index is 500. The van der Waals surface area contributed by atoms with Crippen LogP contribution in [0.4, 0.5) is 0 Å². The Hall–Kier alpha value is -1.67. The summed E-state index contributed by atoms with van der Waals surface area (Å²) in [6.45, 7) is 1.64. The molecule has 0 heterocycles. The molecule has 2 heteroatoms. The first kappa shape index (κ1) is 12.8. The van der Waals surface area contributed by atoms with E-state index in [9.17, 15) is 4.79 Å². The highest BCUT2D eigenvalue weighted by Gasteiger charge is 2.13. The fraction of sp³-hybridized carbons (Fsp3) is 0.312. The molecular weight excluding hydrogens is 222 g/mol. The lowest BCUT2D eigenvalue weighted by atomic mass is 9.97. The van der Waals surface area contributed by atoms with Gasteiger partial charge in [-0.25, -0.2) is 0 Å². The van der Waals surface area contributed by atoms with Gasteiger partial charge in [-0.15, -0.1) is 0 Å². The highest BCUT2D eigenvalue weighted by atomic mass is 16.1. The molecule has 1 N–H and O–H groups in total. The summed E-state index contributed by atoms with van der Waals surface area (Å²) >= 11 is 0. The number of hydrogen-bond acceptors (Lipinski definition) is 2. The van der Waals surface area contributed by atoms with Gasteiger partial charge in [-0.05, 0) is 43.5 Å². The molecular formula is C16H19NO. The molecule has 1 aliphatic rings. The number of allylic oxidation sites excluding steroid dienone is 3. The van der Waals surface area contributed by atoms with Crippen molar-refractivity contribution in [1.82, 2.24) is 5.32 Å². The lowest BCUT2D eigenvalue weighted by Crippen LogP contribution is -2.34. The number of benzene rings is 1. The first-order valence-corrected chi connectivity index (χ1v) is 6.33. The third-order valence-corrected chi connectivity index (χ3v) is 3.35. The monoisotopic (exact) mass is 241 g/mol. The van der Waals surface area contributed by atoms with Gasteiger partial charge in [-0.1, -0.05) is 42.5 Å². The lowest BCUT2D eigenvalue weighted by Gasteiger charge is -2.14. The second-order valence-corrected chi connectivity index (χ2v) is 4.68. The van der Waals surface area contributed by atoms with Crippen molar-refractivity contribution < 1.29 is 4.79 Å². The fourth-order valence-corrected chi connectivity index (χ4v) is 2.24. The molecule has 0 saturated heterocycles. The minimum Gasteiger partial charge on any atom is -0.310 e. The maximum absolute atomic E-state index is 11.4. The molecule has 2 rings (SSSR count). The van der Waals surface area contributed by atoms with Crippen LogP contribution in [0.25, 0.3) is 6.08 Å². The van der Waals surface area contributed by atoms with Crippen molar-refractivity contribution in [3.05, 3.63) is 53.1 Å². The maximum Gasteiger partial charge on any atom is 0.147 e. The molecule has 1 aromatic carbocycles. The normalized spacial score (nSPS) is 15.0. The SMILES string of the molecule is CNC(Cc1ccc2c(c1)CC=CC=C2)C(C)=O. The Morgan fingerprint density at radius 3 is 2.94 bits per heavy atom. The van der Waals surface area contributed by atoms with Crippen LogP contribution in [0.5, 0.6) is 0 Å². The number of likely N-dealkylation sites (N-methyl/N-ethyl adjacent to an activating group) is 1. The Labute approximate surface area is 108 Å². The van der Waals surface area contributed by atoms with E-state index in [0.717, 1.165) is 12.8 Å². The summed E-state index contributed by atoms with van der Waals surface area (Å²) in [7, 11) is 1.83. The molecule has 0 spiro atoms. The van der Waals surface area contributed by atoms with E-state index < -0.39 is 0 Å². The van der Waals surface area contributed by atoms with Crippen molar-refractivity contribution in [2.24, 2.45) is 0 Å². The standard InChI is InChI=1S/C16H19NO/c1-12(18)16(17-2)11-13-8-9-14-6-4-3-5-7-15(14)10-13/h3-6,8-10,16-17H,7,11H2,1-2H3. The van der Waals surface area contributed by atoms with E-state index in [4.69, 9.17) is 0 Å². The number of rotatable bonds is 4. The van der Waals surface area contributed by atoms with Crippen LogP contribution in [-0.4, -0.2) is 18.9 Å². The molecule has 94 valence electrons. The molecule has 0 aromatic heterocycles. The summed E-state index contributed by atoms with van der Waals surface area (Å²) in [6.07, 6.45) is 10.1. The van der Waals surface area contributed by atoms with Crippen LogP contribution in [-0.2, 0) is 17.6 Å². The van der Waals surface area contributed by atoms with E-state index in [1.54, 1.807) is 6.92 Å². The van der Waals surface area contributed by atoms with Crippen LogP contribution in [0, 0.1) is 0 Å². The summed E-state index contributed by atoms with van der Waals surface area (Å²) in [4.78, 5) is 11.4. The molecule has 1 atom stereocenters. The number of hydrogen-bond donors (Lipinski definition) is 1. The molecule has 1 aliphatic carbocycles. The predicted octanol–water partition coefficient (Wildman–Crippen LogP) is 2.53. The van der Waals surface area contributed by atoms with Crippen molar-refractivity contribution >= 4 is 11.9 Å². The average molecular weight is 241 g/mol. The van der Waals surface area contributed by atoms with Gasteiger partial charge in [0.2, 0.25) is 0 Å². The zero-order valence-corrected chi connectivity index (χ0v) is 10.9. The predicted molar refractivity (Wildman–Crippen MR) is 75.6 cm³/mol. The third kappa shape index (κ3) is 2.96. The highest BCUT2D eigenvalue weighted by molar-refractivity contribution is 5.81. The molecule has 0 fully saturated rings. The molecule has 18 heavy (non-hydrogen) atoms. The summed E-state index contributed by atoms with van der Waals surface area (Å²) in [6, 6.07) is 6.38. The van der Waals surface area contributed by atoms with Gasteiger partial charge in [0.25, 0.3) is 0 Å². The number of carbonyl (C=O) groups excluding carboxylic acids is 1. The second-order valence-electron chi connectivity index (χ2n) is 4.68. The Balaban J connectivity index is 2.21. The van der Waals surface area contributed by atoms with Crippen LogP contribution in [0.1, 0.15) is 23.6 Å². The smallest absolute Gasteiger partial charge is 0.147 e. The zero-order chi connectivity index (χ0) is 13.0. The van der Waals surface area contributed by atoms with Crippen LogP contribution >= 0.6 is 0 Å². The summed E-state index contributed by atoms with van der Waals surface area (Å²) in [5, 5.41) is 3.06. The third-order valence-electron chi connectivity index (χ3n) is 3.35. The van der Waals surface area contributed by atoms with Crippen molar-refractivity contribution in [3.63, 3.8) is 0 Å². The van der Waals surface area contributed by atoms with Crippen LogP contribution < -0.4 is 5.32 Å². The van der Waals surface area contributed by atoms with Gasteiger partial charge in [-0.3, -0.25) is 4.79 Å². The van der Waals surface area contributed by atoms with Crippen molar-refractivity contribution in [2.75, 3.05) is 7.05 Å². The lowest BCUT2D eigenvalue weighted by molar-refractivity contribution is -0.118. The number of ketones is 1. The van der Waals surface area contributed by atoms with Gasteiger partial charge in [0, 0.05) is 0 Å².